The molecule has 0 nitrogen and oxygen atoms in total. The van der Waals surface area contributed by atoms with Crippen molar-refractivity contribution in [3.63, 3.8) is 0 Å². The molecule has 0 rings (SSSR count). The van der Waals surface area contributed by atoms with E-state index < -0.39 is 0 Å². The lowest BCUT2D eigenvalue weighted by Crippen LogP contribution is -1.61. The Labute approximate surface area is 79.7 Å². The van der Waals surface area contributed by atoms with E-state index in [9.17, 15) is 0 Å². The molecule has 0 spiro atoms. The molecule has 0 saturated heterocycles. The summed E-state index contributed by atoms with van der Waals surface area (Å²) in [5.41, 5.74) is 1.24. The third-order valence-electron chi connectivity index (χ3n) is 0.810. The third kappa shape index (κ3) is 22.9. The van der Waals surface area contributed by atoms with Crippen LogP contribution in [0.3, 0.4) is 0 Å². The van der Waals surface area contributed by atoms with Gasteiger partial charge in [-0.3, -0.25) is 0 Å². The predicted molar refractivity (Wildman–Crippen MR) is 63.6 cm³/mol. The van der Waals surface area contributed by atoms with Crippen molar-refractivity contribution in [1.29, 1.82) is 0 Å². The first kappa shape index (κ1) is 22.5. The first-order valence-electron chi connectivity index (χ1n) is 3.73. The third-order valence-corrected chi connectivity index (χ3v) is 0.810. The summed E-state index contributed by atoms with van der Waals surface area (Å²) in [6, 6.07) is 0. The molecule has 12 heavy (non-hydrogen) atoms. The molecule has 0 bridgehead atoms. The normalized spacial score (nSPS) is 8.83. The van der Waals surface area contributed by atoms with Crippen LogP contribution in [0.1, 0.15) is 42.5 Å². The zero-order valence-corrected chi connectivity index (χ0v) is 7.52. The Morgan fingerprint density at radius 2 is 1.58 bits per heavy atom. The summed E-state index contributed by atoms with van der Waals surface area (Å²) in [6.45, 7) is 11.6. The first-order chi connectivity index (χ1) is 4.81. The maximum atomic E-state index is 3.57. The molecule has 0 saturated carbocycles. The van der Waals surface area contributed by atoms with E-state index in [0.29, 0.717) is 0 Å². The molecule has 0 atom stereocenters. The fraction of sp³-hybridized carbons (Fsp3) is 0.500. The van der Waals surface area contributed by atoms with Crippen molar-refractivity contribution >= 4 is 0 Å². The zero-order chi connectivity index (χ0) is 8.41. The SMILES string of the molecule is C.C.C=C/C=C(C)\C=C/C.CC. The fourth-order valence-corrected chi connectivity index (χ4v) is 0.504. The monoisotopic (exact) mass is 170 g/mol. The molecule has 0 aliphatic rings. The Bertz CT molecular complexity index is 116. The second-order valence-corrected chi connectivity index (χ2v) is 1.65. The van der Waals surface area contributed by atoms with Gasteiger partial charge in [0.25, 0.3) is 0 Å². The van der Waals surface area contributed by atoms with Gasteiger partial charge in [0.2, 0.25) is 0 Å². The minimum Gasteiger partial charge on any atom is -0.0991 e. The number of rotatable bonds is 2. The molecule has 0 aliphatic carbocycles. The van der Waals surface area contributed by atoms with Crippen molar-refractivity contribution in [1.82, 2.24) is 0 Å². The Morgan fingerprint density at radius 3 is 1.83 bits per heavy atom. The van der Waals surface area contributed by atoms with Crippen LogP contribution in [-0.4, -0.2) is 0 Å². The average Bonchev–Trinajstić information content (AvgIpc) is 1.93. The van der Waals surface area contributed by atoms with Crippen molar-refractivity contribution in [2.24, 2.45) is 0 Å². The van der Waals surface area contributed by atoms with E-state index in [1.165, 1.54) is 5.57 Å². The van der Waals surface area contributed by atoms with Gasteiger partial charge in [-0.1, -0.05) is 65.2 Å². The fourth-order valence-electron chi connectivity index (χ4n) is 0.504. The maximum absolute atomic E-state index is 3.57. The highest BCUT2D eigenvalue weighted by Gasteiger charge is 1.71. The largest absolute Gasteiger partial charge is 0.0991 e. The summed E-state index contributed by atoms with van der Waals surface area (Å²) in [4.78, 5) is 0. The molecule has 0 aromatic rings. The van der Waals surface area contributed by atoms with Gasteiger partial charge in [0.05, 0.1) is 0 Å². The quantitative estimate of drug-likeness (QED) is 0.512. The lowest BCUT2D eigenvalue weighted by Gasteiger charge is -1.82. The van der Waals surface area contributed by atoms with Gasteiger partial charge >= 0.3 is 0 Å². The van der Waals surface area contributed by atoms with Gasteiger partial charge in [-0.15, -0.1) is 0 Å². The summed E-state index contributed by atoms with van der Waals surface area (Å²) >= 11 is 0. The Hall–Kier alpha value is -0.780. The topological polar surface area (TPSA) is 0 Å². The van der Waals surface area contributed by atoms with Crippen molar-refractivity contribution in [3.8, 4) is 0 Å². The molecule has 0 aliphatic heterocycles. The van der Waals surface area contributed by atoms with Gasteiger partial charge in [0.1, 0.15) is 0 Å². The van der Waals surface area contributed by atoms with Crippen LogP contribution in [0.4, 0.5) is 0 Å². The van der Waals surface area contributed by atoms with Crippen molar-refractivity contribution in [3.05, 3.63) is 36.5 Å². The Kier molecular flexibility index (Phi) is 42.1. The molecule has 0 N–H and O–H groups in total. The number of hydrogen-bond donors (Lipinski definition) is 0. The van der Waals surface area contributed by atoms with Gasteiger partial charge in [0, 0.05) is 0 Å². The van der Waals surface area contributed by atoms with Gasteiger partial charge in [-0.2, -0.15) is 0 Å². The molecular weight excluding hydrogens is 144 g/mol. The first-order valence-corrected chi connectivity index (χ1v) is 3.73. The minimum absolute atomic E-state index is 0. The Morgan fingerprint density at radius 1 is 1.17 bits per heavy atom. The molecular formula is C12H26. The summed E-state index contributed by atoms with van der Waals surface area (Å²) in [5, 5.41) is 0. The van der Waals surface area contributed by atoms with E-state index in [0.717, 1.165) is 0 Å². The van der Waals surface area contributed by atoms with Crippen LogP contribution < -0.4 is 0 Å². The standard InChI is InChI=1S/C8H12.C2H6.2CH4/c1-4-6-8(3)7-5-2;1-2;;/h4-7H,1H2,2-3H3;1-2H3;2*1H4/b7-5-,8-6-;;;. The second kappa shape index (κ2) is 22.5. The van der Waals surface area contributed by atoms with Crippen LogP contribution in [0.15, 0.2) is 36.5 Å². The van der Waals surface area contributed by atoms with Crippen LogP contribution in [-0.2, 0) is 0 Å². The van der Waals surface area contributed by atoms with E-state index >= 15 is 0 Å². The second-order valence-electron chi connectivity index (χ2n) is 1.65. The van der Waals surface area contributed by atoms with E-state index in [1.54, 1.807) is 6.08 Å². The smallest absolute Gasteiger partial charge is 0.0398 e. The van der Waals surface area contributed by atoms with Crippen LogP contribution in [0.5, 0.6) is 0 Å². The summed E-state index contributed by atoms with van der Waals surface area (Å²) in [5.74, 6) is 0. The zero-order valence-electron chi connectivity index (χ0n) is 7.52. The van der Waals surface area contributed by atoms with E-state index in [4.69, 9.17) is 0 Å². The molecule has 74 valence electrons. The number of allylic oxidation sites excluding steroid dienone is 5. The molecule has 0 aromatic carbocycles. The van der Waals surface area contributed by atoms with Gasteiger partial charge in [-0.05, 0) is 13.8 Å². The highest BCUT2D eigenvalue weighted by molar-refractivity contribution is 5.19. The van der Waals surface area contributed by atoms with Crippen molar-refractivity contribution < 1.29 is 0 Å². The lowest BCUT2D eigenvalue weighted by atomic mass is 10.2. The average molecular weight is 170 g/mol. The van der Waals surface area contributed by atoms with Gasteiger partial charge in [0.15, 0.2) is 0 Å². The lowest BCUT2D eigenvalue weighted by molar-refractivity contribution is 1.50. The molecule has 0 radical (unpaired) electrons. The minimum atomic E-state index is 0. The van der Waals surface area contributed by atoms with Crippen molar-refractivity contribution in [2.75, 3.05) is 0 Å². The summed E-state index contributed by atoms with van der Waals surface area (Å²) < 4.78 is 0. The van der Waals surface area contributed by atoms with Crippen LogP contribution in [0.25, 0.3) is 0 Å². The molecule has 0 unspecified atom stereocenters. The summed E-state index contributed by atoms with van der Waals surface area (Å²) in [7, 11) is 0. The summed E-state index contributed by atoms with van der Waals surface area (Å²) in [6.07, 6.45) is 7.81. The van der Waals surface area contributed by atoms with E-state index in [1.807, 2.05) is 45.9 Å². The van der Waals surface area contributed by atoms with Crippen LogP contribution in [0, 0.1) is 0 Å². The van der Waals surface area contributed by atoms with E-state index in [2.05, 4.69) is 6.58 Å². The van der Waals surface area contributed by atoms with Crippen LogP contribution >= 0.6 is 0 Å². The highest BCUT2D eigenvalue weighted by Crippen LogP contribution is 1.92. The molecule has 0 heteroatoms. The highest BCUT2D eigenvalue weighted by atomic mass is 13.8. The van der Waals surface area contributed by atoms with Crippen molar-refractivity contribution in [2.45, 2.75) is 42.5 Å². The Balaban J connectivity index is -0.0000000740. The van der Waals surface area contributed by atoms with Gasteiger partial charge < -0.3 is 0 Å². The molecule has 0 fully saturated rings. The van der Waals surface area contributed by atoms with Gasteiger partial charge in [-0.25, -0.2) is 0 Å². The van der Waals surface area contributed by atoms with E-state index in [-0.39, 0.29) is 14.9 Å². The number of hydrogen-bond acceptors (Lipinski definition) is 0. The maximum Gasteiger partial charge on any atom is -0.0398 e. The molecule has 0 aromatic heterocycles. The van der Waals surface area contributed by atoms with Crippen LogP contribution in [0.2, 0.25) is 0 Å². The molecule has 0 heterocycles. The molecule has 0 amide bonds. The predicted octanol–water partition coefficient (Wildman–Crippen LogP) is 4.99.